The Hall–Kier alpha value is -2.31. The highest BCUT2D eigenvalue weighted by molar-refractivity contribution is 5.79. The Kier molecular flexibility index (Phi) is 3.39. The second-order valence-corrected chi connectivity index (χ2v) is 3.03. The maximum Gasteiger partial charge on any atom is 0.387 e. The number of aromatic nitrogens is 3. The van der Waals surface area contributed by atoms with Crippen molar-refractivity contribution < 1.29 is 13.5 Å². The van der Waals surface area contributed by atoms with Gasteiger partial charge in [0.1, 0.15) is 18.4 Å². The number of hydrogen-bond donors (Lipinski definition) is 0. The molecule has 0 spiro atoms. The molecule has 5 nitrogen and oxygen atoms in total. The van der Waals surface area contributed by atoms with Crippen LogP contribution in [0.4, 0.5) is 8.78 Å². The zero-order valence-corrected chi connectivity index (χ0v) is 8.57. The summed E-state index contributed by atoms with van der Waals surface area (Å²) in [7, 11) is 0. The fourth-order valence-corrected chi connectivity index (χ4v) is 1.12. The Labute approximate surface area is 95.4 Å². The number of rotatable bonds is 4. The molecule has 0 aliphatic carbocycles. The molecule has 0 amide bonds. The molecule has 2 aromatic rings. The van der Waals surface area contributed by atoms with E-state index in [1.54, 1.807) is 18.3 Å². The quantitative estimate of drug-likeness (QED) is 0.762. The molecule has 1 heterocycles. The van der Waals surface area contributed by atoms with E-state index in [1.165, 1.54) is 29.5 Å². The van der Waals surface area contributed by atoms with Gasteiger partial charge in [-0.25, -0.2) is 4.68 Å². The highest BCUT2D eigenvalue weighted by atomic mass is 19.3. The average Bonchev–Trinajstić information content (AvgIpc) is 2.80. The first kappa shape index (κ1) is 11.2. The summed E-state index contributed by atoms with van der Waals surface area (Å²) in [6.07, 6.45) is 4.42. The molecule has 0 aliphatic rings. The van der Waals surface area contributed by atoms with Gasteiger partial charge in [-0.2, -0.15) is 13.9 Å². The van der Waals surface area contributed by atoms with E-state index in [9.17, 15) is 8.78 Å². The van der Waals surface area contributed by atoms with Crippen molar-refractivity contribution in [2.45, 2.75) is 6.61 Å². The first-order chi connectivity index (χ1) is 8.24. The van der Waals surface area contributed by atoms with Crippen molar-refractivity contribution in [2.75, 3.05) is 0 Å². The normalized spacial score (nSPS) is 11.2. The van der Waals surface area contributed by atoms with Gasteiger partial charge < -0.3 is 4.74 Å². The van der Waals surface area contributed by atoms with E-state index in [2.05, 4.69) is 20.0 Å². The zero-order chi connectivity index (χ0) is 12.1. The smallest absolute Gasteiger partial charge is 0.387 e. The van der Waals surface area contributed by atoms with Crippen molar-refractivity contribution in [3.05, 3.63) is 42.5 Å². The van der Waals surface area contributed by atoms with Gasteiger partial charge in [-0.1, -0.05) is 0 Å². The van der Waals surface area contributed by atoms with Crippen LogP contribution in [0.5, 0.6) is 5.75 Å². The third-order valence-corrected chi connectivity index (χ3v) is 1.85. The summed E-state index contributed by atoms with van der Waals surface area (Å²) in [6, 6.07) is 6.12. The van der Waals surface area contributed by atoms with Gasteiger partial charge in [-0.3, -0.25) is 0 Å². The lowest BCUT2D eigenvalue weighted by Crippen LogP contribution is -2.01. The van der Waals surface area contributed by atoms with Gasteiger partial charge >= 0.3 is 6.61 Å². The van der Waals surface area contributed by atoms with Crippen LogP contribution in [0.15, 0.2) is 42.0 Å². The average molecular weight is 238 g/mol. The van der Waals surface area contributed by atoms with Crippen LogP contribution < -0.4 is 4.74 Å². The van der Waals surface area contributed by atoms with Gasteiger partial charge in [0.25, 0.3) is 0 Å². The molecule has 0 unspecified atom stereocenters. The summed E-state index contributed by atoms with van der Waals surface area (Å²) in [5, 5.41) is 11.2. The van der Waals surface area contributed by atoms with Crippen LogP contribution in [0.25, 0.3) is 0 Å². The van der Waals surface area contributed by atoms with Crippen LogP contribution in [0.1, 0.15) is 5.56 Å². The summed E-state index contributed by atoms with van der Waals surface area (Å²) >= 11 is 0. The summed E-state index contributed by atoms with van der Waals surface area (Å²) in [6.45, 7) is -2.81. The lowest BCUT2D eigenvalue weighted by atomic mass is 10.2. The lowest BCUT2D eigenvalue weighted by molar-refractivity contribution is -0.0498. The number of ether oxygens (including phenoxy) is 1. The standard InChI is InChI=1S/C10H8F2N4O/c11-10(12)17-9-3-1-8(2-4-9)5-15-16-6-13-14-7-16/h1-7,10H/b15-5+. The molecule has 1 aromatic carbocycles. The molecule has 0 atom stereocenters. The second kappa shape index (κ2) is 5.15. The van der Waals surface area contributed by atoms with E-state index in [0.29, 0.717) is 0 Å². The Morgan fingerprint density at radius 1 is 1.18 bits per heavy atom. The Morgan fingerprint density at radius 3 is 2.41 bits per heavy atom. The third kappa shape index (κ3) is 3.33. The largest absolute Gasteiger partial charge is 0.435 e. The molecule has 0 aliphatic heterocycles. The summed E-state index contributed by atoms with van der Waals surface area (Å²) in [4.78, 5) is 0. The zero-order valence-electron chi connectivity index (χ0n) is 8.57. The Balaban J connectivity index is 2.03. The van der Waals surface area contributed by atoms with Crippen molar-refractivity contribution >= 4 is 6.21 Å². The van der Waals surface area contributed by atoms with E-state index < -0.39 is 6.61 Å². The molecule has 0 radical (unpaired) electrons. The summed E-state index contributed by atoms with van der Waals surface area (Å²) < 4.78 is 29.4. The van der Waals surface area contributed by atoms with E-state index in [-0.39, 0.29) is 5.75 Å². The van der Waals surface area contributed by atoms with Gasteiger partial charge in [0.05, 0.1) is 6.21 Å². The topological polar surface area (TPSA) is 52.3 Å². The Morgan fingerprint density at radius 2 is 1.82 bits per heavy atom. The van der Waals surface area contributed by atoms with Gasteiger partial charge in [0, 0.05) is 0 Å². The van der Waals surface area contributed by atoms with Crippen molar-refractivity contribution in [1.29, 1.82) is 0 Å². The van der Waals surface area contributed by atoms with Crippen LogP contribution in [0.3, 0.4) is 0 Å². The van der Waals surface area contributed by atoms with Crippen LogP contribution in [0.2, 0.25) is 0 Å². The van der Waals surface area contributed by atoms with Gasteiger partial charge in [-0.05, 0) is 29.8 Å². The second-order valence-electron chi connectivity index (χ2n) is 3.03. The molecule has 88 valence electrons. The predicted molar refractivity (Wildman–Crippen MR) is 56.1 cm³/mol. The molecule has 0 saturated heterocycles. The molecular weight excluding hydrogens is 230 g/mol. The lowest BCUT2D eigenvalue weighted by Gasteiger charge is -2.03. The summed E-state index contributed by atoms with van der Waals surface area (Å²) in [5.41, 5.74) is 0.750. The number of hydrogen-bond acceptors (Lipinski definition) is 4. The van der Waals surface area contributed by atoms with Crippen molar-refractivity contribution in [1.82, 2.24) is 14.9 Å². The Bertz CT molecular complexity index is 482. The maximum absolute atomic E-state index is 11.9. The molecule has 1 aromatic heterocycles. The summed E-state index contributed by atoms with van der Waals surface area (Å²) in [5.74, 6) is 0.112. The van der Waals surface area contributed by atoms with Gasteiger partial charge in [-0.15, -0.1) is 10.2 Å². The van der Waals surface area contributed by atoms with Crippen LogP contribution >= 0.6 is 0 Å². The monoisotopic (exact) mass is 238 g/mol. The fourth-order valence-electron chi connectivity index (χ4n) is 1.12. The minimum absolute atomic E-state index is 0.112. The molecule has 0 bridgehead atoms. The molecule has 0 N–H and O–H groups in total. The number of benzene rings is 1. The maximum atomic E-state index is 11.9. The minimum Gasteiger partial charge on any atom is -0.435 e. The van der Waals surface area contributed by atoms with E-state index in [4.69, 9.17) is 0 Å². The van der Waals surface area contributed by atoms with Gasteiger partial charge in [0.15, 0.2) is 0 Å². The highest BCUT2D eigenvalue weighted by Crippen LogP contribution is 2.13. The molecule has 0 fully saturated rings. The van der Waals surface area contributed by atoms with Crippen LogP contribution in [-0.4, -0.2) is 27.7 Å². The number of alkyl halides is 2. The highest BCUT2D eigenvalue weighted by Gasteiger charge is 2.02. The van der Waals surface area contributed by atoms with Gasteiger partial charge in [0.2, 0.25) is 0 Å². The third-order valence-electron chi connectivity index (χ3n) is 1.85. The first-order valence-corrected chi connectivity index (χ1v) is 4.68. The SMILES string of the molecule is FC(F)Oc1ccc(/C=N/n2cnnc2)cc1. The number of halogens is 2. The fraction of sp³-hybridized carbons (Fsp3) is 0.100. The molecule has 7 heteroatoms. The molecule has 0 saturated carbocycles. The van der Waals surface area contributed by atoms with Crippen LogP contribution in [0, 0.1) is 0 Å². The van der Waals surface area contributed by atoms with Crippen molar-refractivity contribution in [3.63, 3.8) is 0 Å². The van der Waals surface area contributed by atoms with Crippen molar-refractivity contribution in [2.24, 2.45) is 5.10 Å². The van der Waals surface area contributed by atoms with E-state index in [0.717, 1.165) is 5.56 Å². The minimum atomic E-state index is -2.81. The molecule has 2 rings (SSSR count). The van der Waals surface area contributed by atoms with Crippen LogP contribution in [-0.2, 0) is 0 Å². The van der Waals surface area contributed by atoms with E-state index >= 15 is 0 Å². The molecule has 17 heavy (non-hydrogen) atoms. The van der Waals surface area contributed by atoms with Crippen molar-refractivity contribution in [3.8, 4) is 5.75 Å². The van der Waals surface area contributed by atoms with E-state index in [1.807, 2.05) is 0 Å². The molecular formula is C10H8F2N4O. The number of nitrogens with zero attached hydrogens (tertiary/aromatic N) is 4. The predicted octanol–water partition coefficient (Wildman–Crippen LogP) is 1.76. The first-order valence-electron chi connectivity index (χ1n) is 4.68.